The van der Waals surface area contributed by atoms with Crippen LogP contribution in [-0.4, -0.2) is 27.3 Å². The SMILES string of the molecule is O=C(O)C=NOC(c1ccc(OCc2nc(-c3ccccc3)cs2)cc1)c1ccc(OCc2nc(-c3ccccc3)cs2)cc1. The van der Waals surface area contributed by atoms with Gasteiger partial charge in [-0.1, -0.05) is 90.1 Å². The number of benzene rings is 4. The van der Waals surface area contributed by atoms with E-state index in [0.717, 1.165) is 49.9 Å². The van der Waals surface area contributed by atoms with Gasteiger partial charge >= 0.3 is 5.97 Å². The van der Waals surface area contributed by atoms with Crippen LogP contribution in [0.15, 0.2) is 125 Å². The van der Waals surface area contributed by atoms with Crippen molar-refractivity contribution in [2.75, 3.05) is 0 Å². The highest BCUT2D eigenvalue weighted by molar-refractivity contribution is 7.10. The van der Waals surface area contributed by atoms with Crippen molar-refractivity contribution in [3.8, 4) is 34.0 Å². The Bertz CT molecular complexity index is 1730. The average molecular weight is 634 g/mol. The monoisotopic (exact) mass is 633 g/mol. The zero-order valence-corrected chi connectivity index (χ0v) is 25.5. The Kier molecular flexibility index (Phi) is 9.54. The fourth-order valence-corrected chi connectivity index (χ4v) is 5.88. The molecule has 6 rings (SSSR count). The number of carboxylic acid groups (broad SMARTS) is 1. The van der Waals surface area contributed by atoms with Gasteiger partial charge in [-0.15, -0.1) is 22.7 Å². The number of hydrogen-bond donors (Lipinski definition) is 1. The summed E-state index contributed by atoms with van der Waals surface area (Å²) in [6.45, 7) is 0.686. The molecule has 0 bridgehead atoms. The molecule has 0 aliphatic heterocycles. The summed E-state index contributed by atoms with van der Waals surface area (Å²) in [5.74, 6) is 0.144. The Balaban J connectivity index is 1.09. The van der Waals surface area contributed by atoms with E-state index < -0.39 is 12.1 Å². The van der Waals surface area contributed by atoms with Crippen molar-refractivity contribution in [3.63, 3.8) is 0 Å². The highest BCUT2D eigenvalue weighted by Gasteiger charge is 2.17. The molecular formula is C35H27N3O5S2. The lowest BCUT2D eigenvalue weighted by atomic mass is 10.0. The predicted octanol–water partition coefficient (Wildman–Crippen LogP) is 8.27. The molecule has 2 aromatic heterocycles. The summed E-state index contributed by atoms with van der Waals surface area (Å²) in [5, 5.41) is 18.5. The number of aliphatic carboxylic acids is 1. The summed E-state index contributed by atoms with van der Waals surface area (Å²) in [4.78, 5) is 26.0. The maximum Gasteiger partial charge on any atom is 0.350 e. The number of nitrogens with zero attached hydrogens (tertiary/aromatic N) is 3. The molecule has 2 heterocycles. The van der Waals surface area contributed by atoms with Gasteiger partial charge in [0.2, 0.25) is 0 Å². The molecule has 0 aliphatic carbocycles. The van der Waals surface area contributed by atoms with Crippen LogP contribution in [0.2, 0.25) is 0 Å². The smallest absolute Gasteiger partial charge is 0.350 e. The third kappa shape index (κ3) is 7.99. The summed E-state index contributed by atoms with van der Waals surface area (Å²) >= 11 is 3.10. The quantitative estimate of drug-likeness (QED) is 0.101. The number of thiazole rings is 2. The number of aromatic nitrogens is 2. The minimum atomic E-state index is -1.20. The highest BCUT2D eigenvalue weighted by Crippen LogP contribution is 2.30. The number of carbonyl (C=O) groups is 1. The molecule has 0 atom stereocenters. The first kappa shape index (κ1) is 29.7. The largest absolute Gasteiger partial charge is 0.486 e. The van der Waals surface area contributed by atoms with E-state index in [1.54, 1.807) is 22.7 Å². The molecule has 0 amide bonds. The van der Waals surface area contributed by atoms with Gasteiger partial charge in [-0.3, -0.25) is 0 Å². The van der Waals surface area contributed by atoms with Crippen LogP contribution in [0, 0.1) is 0 Å². The molecule has 8 nitrogen and oxygen atoms in total. The lowest BCUT2D eigenvalue weighted by Gasteiger charge is -2.17. The second-order valence-electron chi connectivity index (χ2n) is 9.76. The highest BCUT2D eigenvalue weighted by atomic mass is 32.1. The molecular weight excluding hydrogens is 607 g/mol. The van der Waals surface area contributed by atoms with E-state index in [1.807, 2.05) is 120 Å². The topological polar surface area (TPSA) is 103 Å². The van der Waals surface area contributed by atoms with Gasteiger partial charge in [-0.25, -0.2) is 14.8 Å². The third-order valence-corrected chi connectivity index (χ3v) is 8.31. The van der Waals surface area contributed by atoms with Crippen molar-refractivity contribution in [3.05, 3.63) is 141 Å². The lowest BCUT2D eigenvalue weighted by Crippen LogP contribution is -2.05. The van der Waals surface area contributed by atoms with Crippen molar-refractivity contribution < 1.29 is 24.2 Å². The third-order valence-electron chi connectivity index (χ3n) is 6.66. The Hall–Kier alpha value is -5.32. The normalized spacial score (nSPS) is 11.1. The molecule has 0 fully saturated rings. The summed E-state index contributed by atoms with van der Waals surface area (Å²) in [6.07, 6.45) is 0.0701. The van der Waals surface area contributed by atoms with Crippen molar-refractivity contribution >= 4 is 34.9 Å². The van der Waals surface area contributed by atoms with Crippen molar-refractivity contribution in [2.45, 2.75) is 19.3 Å². The summed E-state index contributed by atoms with van der Waals surface area (Å²) in [6, 6.07) is 34.9. The van der Waals surface area contributed by atoms with Gasteiger partial charge in [0.05, 0.1) is 11.4 Å². The Morgan fingerprint density at radius 1 is 0.689 bits per heavy atom. The molecule has 0 spiro atoms. The van der Waals surface area contributed by atoms with E-state index in [9.17, 15) is 4.79 Å². The van der Waals surface area contributed by atoms with E-state index in [1.165, 1.54) is 0 Å². The standard InChI is InChI=1S/C35H27N3O5S2/c39-34(40)19-36-43-35(26-11-15-28(16-12-26)41-20-32-37-30(22-44-32)24-7-3-1-4-8-24)27-13-17-29(18-14-27)42-21-33-38-31(23-45-33)25-9-5-2-6-10-25/h1-19,22-23,35H,20-21H2,(H,39,40). The molecule has 45 heavy (non-hydrogen) atoms. The maximum atomic E-state index is 11.0. The van der Waals surface area contributed by atoms with Crippen LogP contribution in [0.5, 0.6) is 11.5 Å². The first-order valence-electron chi connectivity index (χ1n) is 14.0. The van der Waals surface area contributed by atoms with Gasteiger partial charge in [0.25, 0.3) is 0 Å². The molecule has 224 valence electrons. The van der Waals surface area contributed by atoms with E-state index in [-0.39, 0.29) is 0 Å². The van der Waals surface area contributed by atoms with Crippen molar-refractivity contribution in [1.29, 1.82) is 0 Å². The summed E-state index contributed by atoms with van der Waals surface area (Å²) < 4.78 is 12.0. The lowest BCUT2D eigenvalue weighted by molar-refractivity contribution is -0.129. The van der Waals surface area contributed by atoms with E-state index >= 15 is 0 Å². The second-order valence-corrected chi connectivity index (χ2v) is 11.6. The number of rotatable bonds is 13. The Morgan fingerprint density at radius 3 is 1.56 bits per heavy atom. The molecule has 0 saturated carbocycles. The maximum absolute atomic E-state index is 11.0. The molecule has 6 aromatic rings. The summed E-state index contributed by atoms with van der Waals surface area (Å²) in [7, 11) is 0. The number of carboxylic acids is 1. The molecule has 10 heteroatoms. The van der Waals surface area contributed by atoms with E-state index in [4.69, 9.17) is 19.4 Å². The van der Waals surface area contributed by atoms with Crippen LogP contribution >= 0.6 is 22.7 Å². The van der Waals surface area contributed by atoms with Gasteiger partial charge in [-0.2, -0.15) is 0 Å². The van der Waals surface area contributed by atoms with Crippen LogP contribution in [0.1, 0.15) is 27.2 Å². The molecule has 0 aliphatic rings. The van der Waals surface area contributed by atoms with Gasteiger partial charge in [0.15, 0.2) is 12.3 Å². The fraction of sp³-hybridized carbons (Fsp3) is 0.0857. The van der Waals surface area contributed by atoms with Crippen molar-refractivity contribution in [2.24, 2.45) is 5.16 Å². The zero-order chi connectivity index (χ0) is 30.8. The van der Waals surface area contributed by atoms with Gasteiger partial charge in [-0.05, 0) is 35.4 Å². The summed E-state index contributed by atoms with van der Waals surface area (Å²) in [5.41, 5.74) is 5.53. The molecule has 0 radical (unpaired) electrons. The zero-order valence-electron chi connectivity index (χ0n) is 23.9. The Morgan fingerprint density at radius 2 is 1.13 bits per heavy atom. The number of hydrogen-bond acceptors (Lipinski definition) is 9. The number of oxime groups is 1. The van der Waals surface area contributed by atoms with Gasteiger partial charge in [0.1, 0.15) is 34.7 Å². The molecule has 0 unspecified atom stereocenters. The predicted molar refractivity (Wildman–Crippen MR) is 176 cm³/mol. The minimum Gasteiger partial charge on any atom is -0.486 e. The van der Waals surface area contributed by atoms with Crippen LogP contribution in [0.4, 0.5) is 0 Å². The van der Waals surface area contributed by atoms with E-state index in [2.05, 4.69) is 15.1 Å². The number of ether oxygens (including phenoxy) is 2. The average Bonchev–Trinajstić information content (AvgIpc) is 3.77. The van der Waals surface area contributed by atoms with Gasteiger partial charge in [0, 0.05) is 21.9 Å². The molecule has 1 N–H and O–H groups in total. The second kappa shape index (κ2) is 14.4. The van der Waals surface area contributed by atoms with Crippen LogP contribution in [0.3, 0.4) is 0 Å². The van der Waals surface area contributed by atoms with Crippen molar-refractivity contribution in [1.82, 2.24) is 9.97 Å². The minimum absolute atomic E-state index is 0.343. The molecule has 0 saturated heterocycles. The van der Waals surface area contributed by atoms with Crippen LogP contribution in [0.25, 0.3) is 22.5 Å². The first-order chi connectivity index (χ1) is 22.1. The van der Waals surface area contributed by atoms with Crippen LogP contribution < -0.4 is 9.47 Å². The van der Waals surface area contributed by atoms with E-state index in [0.29, 0.717) is 24.7 Å². The first-order valence-corrected chi connectivity index (χ1v) is 15.7. The Labute approximate surface area is 267 Å². The fourth-order valence-electron chi connectivity index (χ4n) is 4.46. The molecule has 4 aromatic carbocycles. The van der Waals surface area contributed by atoms with Gasteiger partial charge < -0.3 is 19.4 Å². The van der Waals surface area contributed by atoms with Crippen LogP contribution in [-0.2, 0) is 22.8 Å².